The second-order valence-electron chi connectivity index (χ2n) is 6.37. The Kier molecular flexibility index (Phi) is 5.50. The summed E-state index contributed by atoms with van der Waals surface area (Å²) in [5, 5.41) is 12.6. The number of para-hydroxylation sites is 1. The maximum absolute atomic E-state index is 12.1. The quantitative estimate of drug-likeness (QED) is 0.872. The molecule has 0 unspecified atom stereocenters. The highest BCUT2D eigenvalue weighted by molar-refractivity contribution is 5.90. The molecule has 0 atom stereocenters. The fourth-order valence-corrected chi connectivity index (χ4v) is 2.88. The molecule has 1 fully saturated rings. The zero-order valence-corrected chi connectivity index (χ0v) is 14.5. The molecule has 1 amide bonds. The Morgan fingerprint density at radius 1 is 1.16 bits per heavy atom. The molecule has 2 aromatic rings. The van der Waals surface area contributed by atoms with Crippen molar-refractivity contribution in [2.45, 2.75) is 12.8 Å². The zero-order valence-electron chi connectivity index (χ0n) is 14.5. The molecule has 1 aromatic heterocycles. The van der Waals surface area contributed by atoms with E-state index >= 15 is 0 Å². The Morgan fingerprint density at radius 3 is 2.60 bits per heavy atom. The van der Waals surface area contributed by atoms with Gasteiger partial charge in [0, 0.05) is 32.6 Å². The number of carbonyl (C=O) groups is 1. The molecule has 6 heteroatoms. The molecule has 0 aliphatic carbocycles. The summed E-state index contributed by atoms with van der Waals surface area (Å²) in [5.41, 5.74) is 1.47. The third-order valence-corrected chi connectivity index (χ3v) is 4.47. The number of aryl methyl sites for hydroxylation is 1. The van der Waals surface area contributed by atoms with Crippen molar-refractivity contribution in [1.29, 1.82) is 0 Å². The second kappa shape index (κ2) is 7.98. The van der Waals surface area contributed by atoms with Gasteiger partial charge >= 0.3 is 0 Å². The van der Waals surface area contributed by atoms with Gasteiger partial charge in [0.1, 0.15) is 11.6 Å². The number of nitrogens with one attached hydrogen (secondary N) is 1. The maximum Gasteiger partial charge on any atom is 0.224 e. The van der Waals surface area contributed by atoms with Crippen molar-refractivity contribution in [1.82, 2.24) is 9.88 Å². The lowest BCUT2D eigenvalue weighted by Gasteiger charge is -2.33. The van der Waals surface area contributed by atoms with E-state index in [1.807, 2.05) is 24.3 Å². The molecule has 3 rings (SSSR count). The number of hydrogen-bond donors (Lipinski definition) is 2. The minimum absolute atomic E-state index is 0.0857. The van der Waals surface area contributed by atoms with E-state index in [-0.39, 0.29) is 11.7 Å². The van der Waals surface area contributed by atoms with Crippen molar-refractivity contribution in [3.05, 3.63) is 48.2 Å². The van der Waals surface area contributed by atoms with Crippen LogP contribution in [0.2, 0.25) is 0 Å². The number of phenols is 1. The number of hydrogen-bond acceptors (Lipinski definition) is 5. The van der Waals surface area contributed by atoms with Crippen LogP contribution in [0.25, 0.3) is 0 Å². The summed E-state index contributed by atoms with van der Waals surface area (Å²) in [7, 11) is 2.12. The lowest BCUT2D eigenvalue weighted by molar-refractivity contribution is -0.116. The van der Waals surface area contributed by atoms with Gasteiger partial charge in [0.05, 0.1) is 11.9 Å². The Hall–Kier alpha value is -2.60. The van der Waals surface area contributed by atoms with E-state index < -0.39 is 0 Å². The molecule has 2 heterocycles. The molecular formula is C19H24N4O2. The maximum atomic E-state index is 12.1. The first-order valence-electron chi connectivity index (χ1n) is 8.58. The van der Waals surface area contributed by atoms with Crippen LogP contribution in [-0.4, -0.2) is 54.1 Å². The summed E-state index contributed by atoms with van der Waals surface area (Å²) in [6.45, 7) is 4.00. The average Bonchev–Trinajstić information content (AvgIpc) is 2.62. The van der Waals surface area contributed by atoms with Crippen molar-refractivity contribution >= 4 is 17.4 Å². The number of aromatic hydroxyl groups is 1. The summed E-state index contributed by atoms with van der Waals surface area (Å²) in [6, 6.07) is 10.9. The summed E-state index contributed by atoms with van der Waals surface area (Å²) in [5.74, 6) is 1.09. The second-order valence-corrected chi connectivity index (χ2v) is 6.37. The van der Waals surface area contributed by atoms with Crippen molar-refractivity contribution in [2.24, 2.45) is 0 Å². The van der Waals surface area contributed by atoms with Crippen LogP contribution in [0.1, 0.15) is 12.0 Å². The van der Waals surface area contributed by atoms with Crippen LogP contribution in [0.15, 0.2) is 42.6 Å². The number of carbonyl (C=O) groups excluding carboxylic acids is 1. The van der Waals surface area contributed by atoms with E-state index in [4.69, 9.17) is 0 Å². The van der Waals surface area contributed by atoms with Crippen molar-refractivity contribution in [2.75, 3.05) is 43.4 Å². The SMILES string of the molecule is CN1CCN(c2ccc(NC(=O)CCc3ccccc3O)cn2)CC1. The average molecular weight is 340 g/mol. The van der Waals surface area contributed by atoms with Gasteiger partial charge in [-0.05, 0) is 37.2 Å². The fourth-order valence-electron chi connectivity index (χ4n) is 2.88. The lowest BCUT2D eigenvalue weighted by Crippen LogP contribution is -2.44. The van der Waals surface area contributed by atoms with Gasteiger partial charge in [-0.3, -0.25) is 4.79 Å². The number of nitrogens with zero attached hydrogens (tertiary/aromatic N) is 3. The van der Waals surface area contributed by atoms with Crippen LogP contribution in [0.5, 0.6) is 5.75 Å². The molecule has 6 nitrogen and oxygen atoms in total. The standard InChI is InChI=1S/C19H24N4O2/c1-22-10-12-23(13-11-22)18-8-7-16(14-20-18)21-19(25)9-6-15-4-2-3-5-17(15)24/h2-5,7-8,14,24H,6,9-13H2,1H3,(H,21,25). The first kappa shape index (κ1) is 17.2. The number of anilines is 2. The van der Waals surface area contributed by atoms with Crippen molar-refractivity contribution in [3.8, 4) is 5.75 Å². The molecule has 132 valence electrons. The summed E-state index contributed by atoms with van der Waals surface area (Å²) < 4.78 is 0. The number of rotatable bonds is 5. The largest absolute Gasteiger partial charge is 0.508 e. The molecule has 1 aliphatic heterocycles. The predicted molar refractivity (Wildman–Crippen MR) is 99.0 cm³/mol. The number of likely N-dealkylation sites (N-methyl/N-ethyl adjacent to an activating group) is 1. The Balaban J connectivity index is 1.51. The minimum Gasteiger partial charge on any atom is -0.508 e. The third-order valence-electron chi connectivity index (χ3n) is 4.47. The highest BCUT2D eigenvalue weighted by Crippen LogP contribution is 2.18. The van der Waals surface area contributed by atoms with Gasteiger partial charge in [0.15, 0.2) is 0 Å². The Labute approximate surface area is 148 Å². The van der Waals surface area contributed by atoms with E-state index in [1.54, 1.807) is 18.3 Å². The van der Waals surface area contributed by atoms with Crippen LogP contribution in [0.3, 0.4) is 0 Å². The highest BCUT2D eigenvalue weighted by atomic mass is 16.3. The van der Waals surface area contributed by atoms with Gasteiger partial charge in [0.2, 0.25) is 5.91 Å². The van der Waals surface area contributed by atoms with Crippen LogP contribution < -0.4 is 10.2 Å². The van der Waals surface area contributed by atoms with Crippen LogP contribution >= 0.6 is 0 Å². The van der Waals surface area contributed by atoms with E-state index in [2.05, 4.69) is 27.1 Å². The van der Waals surface area contributed by atoms with Gasteiger partial charge in [-0.25, -0.2) is 4.98 Å². The lowest BCUT2D eigenvalue weighted by atomic mass is 10.1. The first-order chi connectivity index (χ1) is 12.1. The van der Waals surface area contributed by atoms with Crippen molar-refractivity contribution in [3.63, 3.8) is 0 Å². The molecule has 0 saturated carbocycles. The molecule has 0 spiro atoms. The van der Waals surface area contributed by atoms with Gasteiger partial charge in [-0.1, -0.05) is 18.2 Å². The first-order valence-corrected chi connectivity index (χ1v) is 8.58. The van der Waals surface area contributed by atoms with Crippen LogP contribution in [0, 0.1) is 0 Å². The van der Waals surface area contributed by atoms with Gasteiger partial charge < -0.3 is 20.2 Å². The van der Waals surface area contributed by atoms with E-state index in [0.717, 1.165) is 37.6 Å². The monoisotopic (exact) mass is 340 g/mol. The molecule has 1 saturated heterocycles. The van der Waals surface area contributed by atoms with E-state index in [1.165, 1.54) is 0 Å². The number of amides is 1. The Morgan fingerprint density at radius 2 is 1.92 bits per heavy atom. The van der Waals surface area contributed by atoms with E-state index in [0.29, 0.717) is 18.5 Å². The highest BCUT2D eigenvalue weighted by Gasteiger charge is 2.15. The molecule has 0 bridgehead atoms. The number of benzene rings is 1. The van der Waals surface area contributed by atoms with E-state index in [9.17, 15) is 9.90 Å². The number of piperazine rings is 1. The van der Waals surface area contributed by atoms with Gasteiger partial charge in [-0.15, -0.1) is 0 Å². The number of phenolic OH excluding ortho intramolecular Hbond substituents is 1. The number of pyridine rings is 1. The molecule has 25 heavy (non-hydrogen) atoms. The van der Waals surface area contributed by atoms with Gasteiger partial charge in [0.25, 0.3) is 0 Å². The van der Waals surface area contributed by atoms with Crippen LogP contribution in [0.4, 0.5) is 11.5 Å². The molecule has 1 aromatic carbocycles. The third kappa shape index (κ3) is 4.70. The summed E-state index contributed by atoms with van der Waals surface area (Å²) in [4.78, 5) is 21.1. The minimum atomic E-state index is -0.0857. The summed E-state index contributed by atoms with van der Waals surface area (Å²) in [6.07, 6.45) is 2.52. The smallest absolute Gasteiger partial charge is 0.224 e. The van der Waals surface area contributed by atoms with Gasteiger partial charge in [-0.2, -0.15) is 0 Å². The summed E-state index contributed by atoms with van der Waals surface area (Å²) >= 11 is 0. The topological polar surface area (TPSA) is 68.7 Å². The normalized spacial score (nSPS) is 15.2. The van der Waals surface area contributed by atoms with Crippen molar-refractivity contribution < 1.29 is 9.90 Å². The van der Waals surface area contributed by atoms with Crippen LogP contribution in [-0.2, 0) is 11.2 Å². The fraction of sp³-hybridized carbons (Fsp3) is 0.368. The zero-order chi connectivity index (χ0) is 17.6. The number of aromatic nitrogens is 1. The molecule has 1 aliphatic rings. The Bertz CT molecular complexity index is 710. The molecule has 0 radical (unpaired) electrons. The molecular weight excluding hydrogens is 316 g/mol. The predicted octanol–water partition coefficient (Wildman–Crippen LogP) is 2.11. The molecule has 2 N–H and O–H groups in total.